The lowest BCUT2D eigenvalue weighted by atomic mass is 10.1. The highest BCUT2D eigenvalue weighted by Gasteiger charge is 2.16. The van der Waals surface area contributed by atoms with Crippen molar-refractivity contribution in [3.05, 3.63) is 72.3 Å². The van der Waals surface area contributed by atoms with Gasteiger partial charge in [0.05, 0.1) is 6.33 Å². The first-order valence-corrected chi connectivity index (χ1v) is 8.86. The smallest absolute Gasteiger partial charge is 0.387 e. The molecule has 3 rings (SSSR count). The molecule has 9 heteroatoms. The molecule has 5 nitrogen and oxygen atoms in total. The fourth-order valence-corrected chi connectivity index (χ4v) is 2.89. The Bertz CT molecular complexity index is 903. The molecule has 2 aromatic carbocycles. The van der Waals surface area contributed by atoms with Gasteiger partial charge in [-0.3, -0.25) is 0 Å². The van der Waals surface area contributed by atoms with Crippen LogP contribution in [0.4, 0.5) is 17.6 Å². The summed E-state index contributed by atoms with van der Waals surface area (Å²) < 4.78 is 60.7. The second-order valence-corrected chi connectivity index (χ2v) is 6.32. The number of ether oxygens (including phenoxy) is 2. The van der Waals surface area contributed by atoms with E-state index in [9.17, 15) is 17.6 Å². The van der Waals surface area contributed by atoms with Crippen LogP contribution in [-0.2, 0) is 6.54 Å². The molecule has 3 aromatic rings. The molecule has 0 bridgehead atoms. The zero-order valence-corrected chi connectivity index (χ0v) is 15.5. The summed E-state index contributed by atoms with van der Waals surface area (Å²) in [4.78, 5) is 4.01. The molecular weight excluding hydrogens is 390 g/mol. The standard InChI is InChI=1S/C20H19F4N3O2/c1-13(14-2-5-16(6-3-14)27-9-8-25-12-27)26-11-15-4-7-17(28-19(21)22)10-18(15)29-20(23)24/h2-10,12-13,19-20,26H,11H2,1H3/p+1/t13-/m1/s1. The number of nitrogens with zero attached hydrogens (tertiary/aromatic N) is 2. The maximum Gasteiger partial charge on any atom is 0.387 e. The minimum Gasteiger partial charge on any atom is -0.435 e. The Balaban J connectivity index is 1.67. The van der Waals surface area contributed by atoms with E-state index in [1.54, 1.807) is 12.5 Å². The Hall–Kier alpha value is -3.07. The van der Waals surface area contributed by atoms with Crippen molar-refractivity contribution in [1.29, 1.82) is 0 Å². The van der Waals surface area contributed by atoms with Gasteiger partial charge in [0.15, 0.2) is 0 Å². The number of hydrogen-bond acceptors (Lipinski definition) is 3. The average Bonchev–Trinajstić information content (AvgIpc) is 3.21. The molecule has 0 aliphatic rings. The Labute approximate surface area is 164 Å². The lowest BCUT2D eigenvalue weighted by molar-refractivity contribution is -0.708. The van der Waals surface area contributed by atoms with E-state index in [1.165, 1.54) is 12.1 Å². The third-order valence-corrected chi connectivity index (χ3v) is 4.39. The fraction of sp³-hybridized carbons (Fsp3) is 0.250. The largest absolute Gasteiger partial charge is 0.435 e. The first-order valence-electron chi connectivity index (χ1n) is 8.86. The molecule has 29 heavy (non-hydrogen) atoms. The van der Waals surface area contributed by atoms with Gasteiger partial charge in [0.1, 0.15) is 24.1 Å². The number of hydrogen-bond donors (Lipinski definition) is 1. The fourth-order valence-electron chi connectivity index (χ4n) is 2.89. The summed E-state index contributed by atoms with van der Waals surface area (Å²) in [5.41, 5.74) is 2.47. The molecule has 0 unspecified atom stereocenters. The van der Waals surface area contributed by atoms with Crippen LogP contribution in [0.15, 0.2) is 61.2 Å². The molecule has 1 aromatic heterocycles. The van der Waals surface area contributed by atoms with E-state index in [0.29, 0.717) is 12.1 Å². The summed E-state index contributed by atoms with van der Waals surface area (Å²) in [5.74, 6) is -0.417. The normalized spacial score (nSPS) is 12.4. The summed E-state index contributed by atoms with van der Waals surface area (Å²) in [6.07, 6.45) is 5.24. The third kappa shape index (κ3) is 5.71. The van der Waals surface area contributed by atoms with Crippen LogP contribution in [0.2, 0.25) is 0 Å². The second kappa shape index (κ2) is 9.42. The summed E-state index contributed by atoms with van der Waals surface area (Å²) in [6.45, 7) is -3.81. The molecule has 0 saturated carbocycles. The molecule has 154 valence electrons. The Morgan fingerprint density at radius 1 is 1.00 bits per heavy atom. The van der Waals surface area contributed by atoms with Crippen LogP contribution in [0.3, 0.4) is 0 Å². The predicted molar refractivity (Wildman–Crippen MR) is 97.3 cm³/mol. The zero-order chi connectivity index (χ0) is 20.8. The van der Waals surface area contributed by atoms with Crippen molar-refractivity contribution in [3.8, 4) is 17.2 Å². The van der Waals surface area contributed by atoms with E-state index in [4.69, 9.17) is 0 Å². The van der Waals surface area contributed by atoms with Gasteiger partial charge in [-0.05, 0) is 31.2 Å². The molecule has 0 amide bonds. The molecule has 0 aliphatic heterocycles. The maximum absolute atomic E-state index is 12.7. The molecule has 0 spiro atoms. The van der Waals surface area contributed by atoms with Crippen molar-refractivity contribution < 1.29 is 32.4 Å². The minimum absolute atomic E-state index is 0.0308. The maximum atomic E-state index is 12.7. The van der Waals surface area contributed by atoms with Gasteiger partial charge in [-0.1, -0.05) is 12.1 Å². The van der Waals surface area contributed by atoms with Crippen LogP contribution in [-0.4, -0.2) is 22.8 Å². The molecule has 1 atom stereocenters. The van der Waals surface area contributed by atoms with Gasteiger partial charge < -0.3 is 19.4 Å². The number of quaternary nitrogens is 1. The number of nitrogens with two attached hydrogens (primary N) is 1. The monoisotopic (exact) mass is 410 g/mol. The van der Waals surface area contributed by atoms with Crippen LogP contribution in [0.5, 0.6) is 11.5 Å². The van der Waals surface area contributed by atoms with Gasteiger partial charge in [-0.2, -0.15) is 17.6 Å². The average molecular weight is 410 g/mol. The number of benzene rings is 2. The lowest BCUT2D eigenvalue weighted by Gasteiger charge is -2.15. The van der Waals surface area contributed by atoms with Crippen LogP contribution >= 0.6 is 0 Å². The van der Waals surface area contributed by atoms with E-state index >= 15 is 0 Å². The van der Waals surface area contributed by atoms with E-state index in [1.807, 2.05) is 47.3 Å². The predicted octanol–water partition coefficient (Wildman–Crippen LogP) is 3.90. The number of alkyl halides is 4. The van der Waals surface area contributed by atoms with Gasteiger partial charge in [0.25, 0.3) is 0 Å². The third-order valence-electron chi connectivity index (χ3n) is 4.39. The van der Waals surface area contributed by atoms with Gasteiger partial charge in [-0.25, -0.2) is 4.98 Å². The molecule has 2 N–H and O–H groups in total. The van der Waals surface area contributed by atoms with Gasteiger partial charge in [-0.15, -0.1) is 0 Å². The first-order chi connectivity index (χ1) is 13.9. The highest BCUT2D eigenvalue weighted by Crippen LogP contribution is 2.27. The summed E-state index contributed by atoms with van der Waals surface area (Å²) in [6, 6.07) is 11.7. The molecule has 0 aliphatic carbocycles. The lowest BCUT2D eigenvalue weighted by Crippen LogP contribution is -2.83. The number of imidazole rings is 1. The van der Waals surface area contributed by atoms with Crippen molar-refractivity contribution in [1.82, 2.24) is 9.55 Å². The summed E-state index contributed by atoms with van der Waals surface area (Å²) in [7, 11) is 0. The Morgan fingerprint density at radius 3 is 2.34 bits per heavy atom. The van der Waals surface area contributed by atoms with Gasteiger partial charge in [0, 0.05) is 35.3 Å². The summed E-state index contributed by atoms with van der Waals surface area (Å²) >= 11 is 0. The van der Waals surface area contributed by atoms with Crippen LogP contribution in [0, 0.1) is 0 Å². The second-order valence-electron chi connectivity index (χ2n) is 6.32. The van der Waals surface area contributed by atoms with E-state index in [0.717, 1.165) is 17.3 Å². The van der Waals surface area contributed by atoms with E-state index in [2.05, 4.69) is 14.5 Å². The van der Waals surface area contributed by atoms with E-state index < -0.39 is 13.2 Å². The van der Waals surface area contributed by atoms with Crippen molar-refractivity contribution in [2.45, 2.75) is 32.7 Å². The van der Waals surface area contributed by atoms with Crippen molar-refractivity contribution in [3.63, 3.8) is 0 Å². The van der Waals surface area contributed by atoms with Crippen LogP contribution in [0.1, 0.15) is 24.1 Å². The number of halogens is 4. The minimum atomic E-state index is -3.07. The molecule has 0 saturated heterocycles. The van der Waals surface area contributed by atoms with Crippen LogP contribution in [0.25, 0.3) is 5.69 Å². The van der Waals surface area contributed by atoms with Gasteiger partial charge in [0.2, 0.25) is 0 Å². The van der Waals surface area contributed by atoms with Crippen LogP contribution < -0.4 is 14.8 Å². The SMILES string of the molecule is C[C@@H]([NH2+]Cc1ccc(OC(F)F)cc1OC(F)F)c1ccc(-n2ccnc2)cc1. The highest BCUT2D eigenvalue weighted by atomic mass is 19.3. The summed E-state index contributed by atoms with van der Waals surface area (Å²) in [5, 5.41) is 1.94. The van der Waals surface area contributed by atoms with E-state index in [-0.39, 0.29) is 17.5 Å². The Morgan fingerprint density at radius 2 is 1.72 bits per heavy atom. The zero-order valence-electron chi connectivity index (χ0n) is 15.5. The molecule has 0 radical (unpaired) electrons. The first kappa shape index (κ1) is 20.7. The Kier molecular flexibility index (Phi) is 6.71. The topological polar surface area (TPSA) is 52.9 Å². The molecule has 1 heterocycles. The van der Waals surface area contributed by atoms with Crippen molar-refractivity contribution in [2.75, 3.05) is 0 Å². The molecule has 0 fully saturated rings. The quantitative estimate of drug-likeness (QED) is 0.545. The van der Waals surface area contributed by atoms with Gasteiger partial charge >= 0.3 is 13.2 Å². The highest BCUT2D eigenvalue weighted by molar-refractivity contribution is 5.40. The van der Waals surface area contributed by atoms with Crippen molar-refractivity contribution in [2.24, 2.45) is 0 Å². The van der Waals surface area contributed by atoms with Crippen molar-refractivity contribution >= 4 is 0 Å². The number of rotatable bonds is 9. The number of aromatic nitrogens is 2. The molecular formula is C20H20F4N3O2+.